The van der Waals surface area contributed by atoms with Crippen LogP contribution in [0.1, 0.15) is 120 Å². The molecule has 4 heteroatoms. The third-order valence-corrected chi connectivity index (χ3v) is 6.43. The highest BCUT2D eigenvalue weighted by Gasteiger charge is 2.05. The predicted octanol–water partition coefficient (Wildman–Crippen LogP) is 9.61. The first-order valence-electron chi connectivity index (χ1n) is 13.9. The molecule has 0 aliphatic heterocycles. The van der Waals surface area contributed by atoms with Crippen molar-refractivity contribution in [3.05, 3.63) is 54.1 Å². The van der Waals surface area contributed by atoms with E-state index in [9.17, 15) is 9.90 Å². The highest BCUT2D eigenvalue weighted by atomic mass is 16.3. The minimum Gasteiger partial charge on any atom is -0.508 e. The van der Waals surface area contributed by atoms with E-state index in [1.807, 2.05) is 30.5 Å². The van der Waals surface area contributed by atoms with Crippen LogP contribution in [0.25, 0.3) is 0 Å². The van der Waals surface area contributed by atoms with Crippen molar-refractivity contribution < 1.29 is 9.90 Å². The van der Waals surface area contributed by atoms with Crippen molar-refractivity contribution in [2.24, 2.45) is 4.99 Å². The number of hydrogen-bond acceptors (Lipinski definition) is 3. The van der Waals surface area contributed by atoms with Crippen LogP contribution in [0, 0.1) is 0 Å². The zero-order chi connectivity index (χ0) is 25.0. The molecule has 0 aromatic heterocycles. The van der Waals surface area contributed by atoms with Crippen molar-refractivity contribution in [1.82, 2.24) is 0 Å². The van der Waals surface area contributed by atoms with Crippen molar-refractivity contribution >= 4 is 23.5 Å². The van der Waals surface area contributed by atoms with Gasteiger partial charge < -0.3 is 10.4 Å². The Morgan fingerprint density at radius 1 is 0.714 bits per heavy atom. The van der Waals surface area contributed by atoms with Gasteiger partial charge in [0, 0.05) is 17.5 Å². The molecule has 2 aromatic carbocycles. The summed E-state index contributed by atoms with van der Waals surface area (Å²) in [7, 11) is 0. The van der Waals surface area contributed by atoms with Gasteiger partial charge in [0.25, 0.3) is 5.91 Å². The lowest BCUT2D eigenvalue weighted by molar-refractivity contribution is 0.102. The molecule has 0 spiro atoms. The molecule has 0 saturated carbocycles. The van der Waals surface area contributed by atoms with E-state index in [1.54, 1.807) is 12.1 Å². The van der Waals surface area contributed by atoms with E-state index in [-0.39, 0.29) is 11.7 Å². The summed E-state index contributed by atoms with van der Waals surface area (Å²) in [4.78, 5) is 16.8. The number of anilines is 1. The maximum absolute atomic E-state index is 12.2. The maximum atomic E-state index is 12.2. The van der Waals surface area contributed by atoms with Crippen LogP contribution in [0.3, 0.4) is 0 Å². The maximum Gasteiger partial charge on any atom is 0.255 e. The first kappa shape index (κ1) is 28.6. The number of benzene rings is 2. The highest BCUT2D eigenvalue weighted by molar-refractivity contribution is 6.04. The number of aliphatic imine (C=N–C) groups is 1. The molecule has 0 fully saturated rings. The van der Waals surface area contributed by atoms with Gasteiger partial charge in [-0.25, -0.2) is 0 Å². The van der Waals surface area contributed by atoms with Crippen LogP contribution in [0.15, 0.2) is 53.5 Å². The summed E-state index contributed by atoms with van der Waals surface area (Å²) in [6, 6.07) is 13.8. The standard InChI is InChI=1S/C31H46N2O2/c1-2-3-4-5-6-7-8-9-10-11-12-13-14-15-16-17-26-32-28-20-22-29(23-21-28)33-31(35)27-18-24-30(34)25-19-27/h18-26,34H,2-17H2,1H3,(H,33,35). The Bertz CT molecular complexity index is 828. The second-order valence-corrected chi connectivity index (χ2v) is 9.60. The van der Waals surface area contributed by atoms with E-state index in [1.165, 1.54) is 108 Å². The SMILES string of the molecule is CCCCCCCCCCCCCCCCCC=Nc1ccc(NC(=O)c2ccc(O)cc2)cc1. The fraction of sp³-hybridized carbons (Fsp3) is 0.548. The third-order valence-electron chi connectivity index (χ3n) is 6.43. The van der Waals surface area contributed by atoms with E-state index >= 15 is 0 Å². The number of phenols is 1. The van der Waals surface area contributed by atoms with Crippen LogP contribution < -0.4 is 5.32 Å². The summed E-state index contributed by atoms with van der Waals surface area (Å²) in [5.74, 6) is -0.0532. The van der Waals surface area contributed by atoms with Gasteiger partial charge >= 0.3 is 0 Å². The summed E-state index contributed by atoms with van der Waals surface area (Å²) >= 11 is 0. The Morgan fingerprint density at radius 3 is 1.71 bits per heavy atom. The van der Waals surface area contributed by atoms with Crippen molar-refractivity contribution in [1.29, 1.82) is 0 Å². The quantitative estimate of drug-likeness (QED) is 0.156. The summed E-state index contributed by atoms with van der Waals surface area (Å²) in [5.41, 5.74) is 2.13. The first-order valence-corrected chi connectivity index (χ1v) is 13.9. The number of carbonyl (C=O) groups is 1. The molecule has 1 amide bonds. The molecule has 0 atom stereocenters. The predicted molar refractivity (Wildman–Crippen MR) is 150 cm³/mol. The van der Waals surface area contributed by atoms with Gasteiger partial charge in [-0.3, -0.25) is 9.79 Å². The van der Waals surface area contributed by atoms with E-state index in [2.05, 4.69) is 17.2 Å². The molecule has 2 rings (SSSR count). The number of aromatic hydroxyl groups is 1. The van der Waals surface area contributed by atoms with Gasteiger partial charge in [0.15, 0.2) is 0 Å². The number of nitrogens with one attached hydrogen (secondary N) is 1. The fourth-order valence-electron chi connectivity index (χ4n) is 4.22. The second-order valence-electron chi connectivity index (χ2n) is 9.60. The van der Waals surface area contributed by atoms with Gasteiger partial charge in [-0.05, 0) is 61.4 Å². The molecule has 0 bridgehead atoms. The van der Waals surface area contributed by atoms with E-state index < -0.39 is 0 Å². The topological polar surface area (TPSA) is 61.7 Å². The number of phenolic OH excluding ortho intramolecular Hbond substituents is 1. The summed E-state index contributed by atoms with van der Waals surface area (Å²) < 4.78 is 0. The van der Waals surface area contributed by atoms with Crippen molar-refractivity contribution in [2.75, 3.05) is 5.32 Å². The Morgan fingerprint density at radius 2 is 1.20 bits per heavy atom. The lowest BCUT2D eigenvalue weighted by Gasteiger charge is -2.05. The van der Waals surface area contributed by atoms with E-state index in [0.29, 0.717) is 5.56 Å². The monoisotopic (exact) mass is 478 g/mol. The Labute approximate surface area is 213 Å². The highest BCUT2D eigenvalue weighted by Crippen LogP contribution is 2.18. The number of hydrogen-bond donors (Lipinski definition) is 2. The van der Waals surface area contributed by atoms with Crippen LogP contribution >= 0.6 is 0 Å². The Hall–Kier alpha value is -2.62. The number of amides is 1. The van der Waals surface area contributed by atoms with Gasteiger partial charge in [0.1, 0.15) is 5.75 Å². The summed E-state index contributed by atoms with van der Waals surface area (Å²) in [6.45, 7) is 2.28. The van der Waals surface area contributed by atoms with Crippen molar-refractivity contribution in [2.45, 2.75) is 110 Å². The van der Waals surface area contributed by atoms with Gasteiger partial charge in [0.05, 0.1) is 5.69 Å². The number of rotatable bonds is 19. The summed E-state index contributed by atoms with van der Waals surface area (Å²) in [5, 5.41) is 12.2. The number of carbonyl (C=O) groups excluding carboxylic acids is 1. The van der Waals surface area contributed by atoms with Crippen molar-refractivity contribution in [3.63, 3.8) is 0 Å². The van der Waals surface area contributed by atoms with Crippen LogP contribution in [0.5, 0.6) is 5.75 Å². The molecule has 2 aromatic rings. The Balaban J connectivity index is 1.44. The lowest BCUT2D eigenvalue weighted by Crippen LogP contribution is -2.11. The average molecular weight is 479 g/mol. The molecule has 0 aliphatic carbocycles. The fourth-order valence-corrected chi connectivity index (χ4v) is 4.22. The summed E-state index contributed by atoms with van der Waals surface area (Å²) in [6.07, 6.45) is 23.8. The zero-order valence-corrected chi connectivity index (χ0v) is 21.8. The van der Waals surface area contributed by atoms with Crippen LogP contribution in [0.2, 0.25) is 0 Å². The molecule has 0 unspecified atom stereocenters. The van der Waals surface area contributed by atoms with Crippen LogP contribution in [-0.2, 0) is 0 Å². The molecule has 0 aliphatic rings. The molecule has 2 N–H and O–H groups in total. The minimum atomic E-state index is -0.200. The van der Waals surface area contributed by atoms with Gasteiger partial charge in [-0.15, -0.1) is 0 Å². The largest absolute Gasteiger partial charge is 0.508 e. The normalized spacial score (nSPS) is 11.2. The van der Waals surface area contributed by atoms with E-state index in [0.717, 1.165) is 17.8 Å². The molecule has 4 nitrogen and oxygen atoms in total. The molecule has 0 heterocycles. The Kier molecular flexibility index (Phi) is 15.3. The number of nitrogens with zero attached hydrogens (tertiary/aromatic N) is 1. The van der Waals surface area contributed by atoms with Gasteiger partial charge in [-0.2, -0.15) is 0 Å². The van der Waals surface area contributed by atoms with Gasteiger partial charge in [0.2, 0.25) is 0 Å². The molecule has 192 valence electrons. The molecule has 0 saturated heterocycles. The molecular formula is C31H46N2O2. The second kappa shape index (κ2) is 18.7. The zero-order valence-electron chi connectivity index (χ0n) is 21.8. The van der Waals surface area contributed by atoms with Gasteiger partial charge in [-0.1, -0.05) is 96.8 Å². The average Bonchev–Trinajstić information content (AvgIpc) is 2.87. The van der Waals surface area contributed by atoms with E-state index in [4.69, 9.17) is 0 Å². The smallest absolute Gasteiger partial charge is 0.255 e. The van der Waals surface area contributed by atoms with Crippen molar-refractivity contribution in [3.8, 4) is 5.75 Å². The lowest BCUT2D eigenvalue weighted by atomic mass is 10.0. The third kappa shape index (κ3) is 13.8. The number of unbranched alkanes of at least 4 members (excludes halogenated alkanes) is 15. The minimum absolute atomic E-state index is 0.146. The first-order chi connectivity index (χ1) is 17.2. The van der Waals surface area contributed by atoms with Crippen LogP contribution in [-0.4, -0.2) is 17.2 Å². The molecular weight excluding hydrogens is 432 g/mol. The molecule has 0 radical (unpaired) electrons. The van der Waals surface area contributed by atoms with Crippen LogP contribution in [0.4, 0.5) is 11.4 Å². The molecule has 35 heavy (non-hydrogen) atoms.